The molecule has 15 heteroatoms. The number of methoxy groups -OCH3 is 1. The Kier molecular flexibility index (Phi) is 9.99. The van der Waals surface area contributed by atoms with Gasteiger partial charge in [0.2, 0.25) is 0 Å². The molecule has 1 amide bonds. The second-order valence-electron chi connectivity index (χ2n) is 8.97. The van der Waals surface area contributed by atoms with Crippen LogP contribution in [0.25, 0.3) is 11.1 Å². The third kappa shape index (κ3) is 8.00. The molecule has 2 aromatic rings. The Morgan fingerprint density at radius 3 is 1.93 bits per heavy atom. The van der Waals surface area contributed by atoms with Gasteiger partial charge in [0.15, 0.2) is 11.9 Å². The summed E-state index contributed by atoms with van der Waals surface area (Å²) in [6, 6.07) is 7.78. The van der Waals surface area contributed by atoms with Crippen molar-refractivity contribution in [3.8, 4) is 5.75 Å². The van der Waals surface area contributed by atoms with Gasteiger partial charge in [-0.05, 0) is 41.7 Å². The number of aliphatic carboxylic acids is 1. The molecular weight excluding hydrogens is 563 g/mol. The van der Waals surface area contributed by atoms with Crippen molar-refractivity contribution in [2.75, 3.05) is 38.6 Å². The van der Waals surface area contributed by atoms with Gasteiger partial charge in [-0.2, -0.15) is 13.2 Å². The number of thiophene rings is 1. The Hall–Kier alpha value is -4.53. The molecule has 0 bridgehead atoms. The topological polar surface area (TPSA) is 182 Å². The van der Waals surface area contributed by atoms with E-state index in [4.69, 9.17) is 36.9 Å². The zero-order valence-electron chi connectivity index (χ0n) is 22.0. The summed E-state index contributed by atoms with van der Waals surface area (Å²) in [5, 5.41) is 27.2. The van der Waals surface area contributed by atoms with Crippen LogP contribution in [0.4, 0.5) is 18.9 Å². The smallest absolute Gasteiger partial charge is 0.490 e. The van der Waals surface area contributed by atoms with Gasteiger partial charge < -0.3 is 36.4 Å². The highest BCUT2D eigenvalue weighted by Gasteiger charge is 2.38. The number of hydrogen-bond donors (Lipinski definition) is 6. The molecule has 2 aliphatic heterocycles. The van der Waals surface area contributed by atoms with Crippen molar-refractivity contribution in [1.29, 1.82) is 10.8 Å². The van der Waals surface area contributed by atoms with Gasteiger partial charge in [-0.1, -0.05) is 24.3 Å². The van der Waals surface area contributed by atoms with Crippen molar-refractivity contribution >= 4 is 52.0 Å². The van der Waals surface area contributed by atoms with Gasteiger partial charge in [-0.15, -0.1) is 11.3 Å². The first-order valence-electron chi connectivity index (χ1n) is 12.3. The molecule has 0 fully saturated rings. The molecule has 11 nitrogen and oxygen atoms in total. The maximum atomic E-state index is 13.0. The summed E-state index contributed by atoms with van der Waals surface area (Å²) in [5.74, 6) is -2.23. The van der Waals surface area contributed by atoms with E-state index < -0.39 is 12.1 Å². The maximum Gasteiger partial charge on any atom is 0.490 e. The van der Waals surface area contributed by atoms with Gasteiger partial charge >= 0.3 is 12.1 Å². The number of nitrogens with one attached hydrogen (secondary N) is 3. The zero-order chi connectivity index (χ0) is 30.3. The van der Waals surface area contributed by atoms with Gasteiger partial charge in [-0.25, -0.2) is 4.79 Å². The lowest BCUT2D eigenvalue weighted by molar-refractivity contribution is -0.192. The van der Waals surface area contributed by atoms with Crippen LogP contribution in [0.3, 0.4) is 0 Å². The van der Waals surface area contributed by atoms with E-state index in [9.17, 15) is 18.0 Å². The maximum absolute atomic E-state index is 13.0. The average molecular weight is 594 g/mol. The number of carboxylic acids is 1. The third-order valence-electron chi connectivity index (χ3n) is 6.36. The first-order chi connectivity index (χ1) is 19.3. The van der Waals surface area contributed by atoms with Crippen LogP contribution in [0.5, 0.6) is 5.75 Å². The van der Waals surface area contributed by atoms with Crippen LogP contribution in [0, 0.1) is 10.8 Å². The normalized spacial score (nSPS) is 15.1. The number of ether oxygens (including phenoxy) is 1. The highest BCUT2D eigenvalue weighted by Crippen LogP contribution is 2.38. The van der Waals surface area contributed by atoms with Crippen molar-refractivity contribution in [2.24, 2.45) is 11.5 Å². The van der Waals surface area contributed by atoms with Crippen molar-refractivity contribution < 1.29 is 32.6 Å². The molecule has 0 unspecified atom stereocenters. The van der Waals surface area contributed by atoms with Crippen LogP contribution in [-0.2, 0) is 4.79 Å². The number of rotatable bonds is 5. The summed E-state index contributed by atoms with van der Waals surface area (Å²) in [4.78, 5) is 26.1. The van der Waals surface area contributed by atoms with Crippen LogP contribution in [0.2, 0.25) is 0 Å². The molecule has 1 aromatic heterocycles. The minimum Gasteiger partial charge on any atom is -0.494 e. The van der Waals surface area contributed by atoms with E-state index in [0.29, 0.717) is 35.9 Å². The molecular formula is C26H30F3N7O4S. The molecule has 4 rings (SSSR count). The van der Waals surface area contributed by atoms with Crippen molar-refractivity contribution in [2.45, 2.75) is 19.0 Å². The number of halogens is 3. The molecule has 1 aromatic carbocycles. The molecule has 3 heterocycles. The summed E-state index contributed by atoms with van der Waals surface area (Å²) in [6.45, 7) is 2.59. The fraction of sp³-hybridized carbons (Fsp3) is 0.308. The zero-order valence-corrected chi connectivity index (χ0v) is 22.9. The first kappa shape index (κ1) is 31.0. The van der Waals surface area contributed by atoms with E-state index >= 15 is 0 Å². The van der Waals surface area contributed by atoms with Crippen LogP contribution in [-0.4, -0.2) is 78.2 Å². The summed E-state index contributed by atoms with van der Waals surface area (Å²) >= 11 is 1.36. The standard InChI is InChI=1S/C24H29N7O2S.C2HF3O2/c1-33-20-19(17-8-12-31(13-9-17)24(27)28)14-34-21(20)22(32)29-18-4-2-15(3-5-18)16-6-10-30(11-7-16)23(25)26;3-2(4,5)1(6)7/h2-6,8,14H,7,9-13H2,1H3,(H3,25,26)(H3,27,28)(H,29,32);(H,6,7). The molecule has 0 aliphatic carbocycles. The highest BCUT2D eigenvalue weighted by atomic mass is 32.1. The fourth-order valence-corrected chi connectivity index (χ4v) is 5.12. The Morgan fingerprint density at radius 2 is 1.51 bits per heavy atom. The molecule has 0 spiro atoms. The molecule has 0 saturated carbocycles. The minimum atomic E-state index is -5.08. The number of anilines is 1. The Bertz CT molecular complexity index is 1370. The van der Waals surface area contributed by atoms with Crippen LogP contribution in [0.1, 0.15) is 33.6 Å². The minimum absolute atomic E-state index is 0.0662. The number of carbonyl (C=O) groups is 2. The number of amides is 1. The van der Waals surface area contributed by atoms with Crippen LogP contribution >= 0.6 is 11.3 Å². The summed E-state index contributed by atoms with van der Waals surface area (Å²) in [7, 11) is 1.58. The lowest BCUT2D eigenvalue weighted by Gasteiger charge is -2.26. The monoisotopic (exact) mass is 593 g/mol. The second kappa shape index (κ2) is 13.2. The van der Waals surface area contributed by atoms with E-state index in [1.165, 1.54) is 16.9 Å². The average Bonchev–Trinajstić information content (AvgIpc) is 3.38. The summed E-state index contributed by atoms with van der Waals surface area (Å²) in [5.41, 5.74) is 16.2. The third-order valence-corrected chi connectivity index (χ3v) is 7.32. The van der Waals surface area contributed by atoms with Crippen molar-refractivity contribution in [3.05, 3.63) is 57.8 Å². The molecule has 2 aliphatic rings. The molecule has 0 saturated heterocycles. The second-order valence-corrected chi connectivity index (χ2v) is 9.85. The SMILES string of the molecule is COc1c(C2=CCN(C(=N)N)CC2)csc1C(=O)Nc1ccc(C2=CCN(C(=N)N)CC2)cc1.O=C(O)C(F)(F)F. The molecule has 8 N–H and O–H groups in total. The van der Waals surface area contributed by atoms with Crippen molar-refractivity contribution in [3.63, 3.8) is 0 Å². The largest absolute Gasteiger partial charge is 0.494 e. The predicted molar refractivity (Wildman–Crippen MR) is 151 cm³/mol. The first-order valence-corrected chi connectivity index (χ1v) is 13.1. The van der Waals surface area contributed by atoms with Gasteiger partial charge in [0.25, 0.3) is 5.91 Å². The molecule has 0 atom stereocenters. The van der Waals surface area contributed by atoms with Crippen molar-refractivity contribution in [1.82, 2.24) is 9.80 Å². The highest BCUT2D eigenvalue weighted by molar-refractivity contribution is 7.12. The number of nitrogens with two attached hydrogens (primary N) is 2. The van der Waals surface area contributed by atoms with Gasteiger partial charge in [0.05, 0.1) is 7.11 Å². The predicted octanol–water partition coefficient (Wildman–Crippen LogP) is 3.61. The number of alkyl halides is 3. The van der Waals surface area contributed by atoms with Gasteiger partial charge in [-0.3, -0.25) is 15.6 Å². The molecule has 0 radical (unpaired) electrons. The lowest BCUT2D eigenvalue weighted by atomic mass is 9.99. The number of benzene rings is 1. The van der Waals surface area contributed by atoms with E-state index in [2.05, 4.69) is 11.4 Å². The number of hydrogen-bond acceptors (Lipinski definition) is 6. The van der Waals surface area contributed by atoms with E-state index in [1.807, 2.05) is 40.6 Å². The Labute approximate surface area is 237 Å². The number of carboxylic acid groups (broad SMARTS) is 1. The Morgan fingerprint density at radius 1 is 1.00 bits per heavy atom. The quantitative estimate of drug-likeness (QED) is 0.225. The van der Waals surface area contributed by atoms with Gasteiger partial charge in [0.1, 0.15) is 10.6 Å². The summed E-state index contributed by atoms with van der Waals surface area (Å²) < 4.78 is 37.4. The molecule has 41 heavy (non-hydrogen) atoms. The lowest BCUT2D eigenvalue weighted by Crippen LogP contribution is -2.39. The van der Waals surface area contributed by atoms with E-state index in [0.717, 1.165) is 36.1 Å². The summed E-state index contributed by atoms with van der Waals surface area (Å²) in [6.07, 6.45) is 0.591. The van der Waals surface area contributed by atoms with E-state index in [-0.39, 0.29) is 17.8 Å². The van der Waals surface area contributed by atoms with Crippen LogP contribution < -0.4 is 21.5 Å². The fourth-order valence-electron chi connectivity index (χ4n) is 4.17. The number of guanidine groups is 2. The van der Waals surface area contributed by atoms with E-state index in [1.54, 1.807) is 12.0 Å². The molecule has 220 valence electrons. The number of carbonyl (C=O) groups excluding carboxylic acids is 1. The van der Waals surface area contributed by atoms with Gasteiger partial charge in [0, 0.05) is 42.8 Å². The number of nitrogens with zero attached hydrogens (tertiary/aromatic N) is 2. The van der Waals surface area contributed by atoms with Crippen LogP contribution in [0.15, 0.2) is 41.8 Å². The Balaban J connectivity index is 0.000000587.